The zero-order valence-electron chi connectivity index (χ0n) is 15.4. The Morgan fingerprint density at radius 2 is 1.54 bits per heavy atom. The van der Waals surface area contributed by atoms with Crippen LogP contribution in [0.25, 0.3) is 6.08 Å². The first-order chi connectivity index (χ1) is 12.2. The van der Waals surface area contributed by atoms with E-state index in [1.165, 1.54) is 18.2 Å². The van der Waals surface area contributed by atoms with Crippen molar-refractivity contribution in [1.82, 2.24) is 0 Å². The Balaban J connectivity index is 2.65. The van der Waals surface area contributed by atoms with E-state index in [-0.39, 0.29) is 27.4 Å². The highest BCUT2D eigenvalue weighted by atomic mass is 32.2. The van der Waals surface area contributed by atoms with Crippen molar-refractivity contribution in [3.8, 4) is 11.8 Å². The fourth-order valence-electron chi connectivity index (χ4n) is 2.72. The highest BCUT2D eigenvalue weighted by molar-refractivity contribution is 7.95. The van der Waals surface area contributed by atoms with Crippen LogP contribution < -0.4 is 0 Å². The van der Waals surface area contributed by atoms with Gasteiger partial charge in [-0.3, -0.25) is 0 Å². The third-order valence-electron chi connectivity index (χ3n) is 4.19. The zero-order valence-corrected chi connectivity index (χ0v) is 16.2. The minimum atomic E-state index is -3.89. The number of hydrogen-bond acceptors (Lipinski definition) is 4. The van der Waals surface area contributed by atoms with E-state index in [1.54, 1.807) is 30.3 Å². The summed E-state index contributed by atoms with van der Waals surface area (Å²) in [4.78, 5) is -0.237. The van der Waals surface area contributed by atoms with Crippen LogP contribution in [0, 0.1) is 11.3 Å². The largest absolute Gasteiger partial charge is 0.507 e. The third-order valence-corrected chi connectivity index (χ3v) is 5.87. The lowest BCUT2D eigenvalue weighted by molar-refractivity contribution is 0.454. The molecular formula is C21H23NO3S. The molecule has 0 spiro atoms. The number of nitrogens with zero attached hydrogens (tertiary/aromatic N) is 1. The summed E-state index contributed by atoms with van der Waals surface area (Å²) in [5.74, 6) is 0.366. The first kappa shape index (κ1) is 19.7. The van der Waals surface area contributed by atoms with E-state index in [0.29, 0.717) is 5.56 Å². The summed E-state index contributed by atoms with van der Waals surface area (Å²) in [5, 5.41) is 19.9. The van der Waals surface area contributed by atoms with Crippen LogP contribution in [0.5, 0.6) is 5.75 Å². The van der Waals surface area contributed by atoms with Gasteiger partial charge >= 0.3 is 0 Å². The van der Waals surface area contributed by atoms with E-state index in [2.05, 4.69) is 0 Å². The van der Waals surface area contributed by atoms with Crippen molar-refractivity contribution in [3.05, 3.63) is 64.1 Å². The third kappa shape index (κ3) is 3.97. The Morgan fingerprint density at radius 1 is 1.04 bits per heavy atom. The van der Waals surface area contributed by atoms with Crippen LogP contribution in [0.4, 0.5) is 0 Å². The van der Waals surface area contributed by atoms with Crippen LogP contribution in [-0.2, 0) is 9.84 Å². The normalized spacial score (nSPS) is 12.4. The molecule has 0 radical (unpaired) electrons. The SMILES string of the molecule is CC(C)c1cc(/C=C(\C#N)S(=O)(=O)c2ccccc2)cc(C(C)C)c1O. The molecule has 2 aromatic rings. The van der Waals surface area contributed by atoms with E-state index in [0.717, 1.165) is 11.1 Å². The summed E-state index contributed by atoms with van der Waals surface area (Å²) in [6.45, 7) is 7.83. The monoisotopic (exact) mass is 369 g/mol. The summed E-state index contributed by atoms with van der Waals surface area (Å²) in [6.07, 6.45) is 1.37. The molecule has 0 saturated heterocycles. The summed E-state index contributed by atoms with van der Waals surface area (Å²) in [6, 6.07) is 13.2. The van der Waals surface area contributed by atoms with Crippen molar-refractivity contribution in [1.29, 1.82) is 5.26 Å². The first-order valence-electron chi connectivity index (χ1n) is 8.47. The molecule has 0 fully saturated rings. The van der Waals surface area contributed by atoms with Crippen molar-refractivity contribution in [2.75, 3.05) is 0 Å². The summed E-state index contributed by atoms with van der Waals surface area (Å²) in [7, 11) is -3.89. The van der Waals surface area contributed by atoms with Gasteiger partial charge < -0.3 is 5.11 Å². The van der Waals surface area contributed by atoms with Gasteiger partial charge in [0.05, 0.1) is 4.90 Å². The van der Waals surface area contributed by atoms with Crippen LogP contribution in [0.3, 0.4) is 0 Å². The summed E-state index contributed by atoms with van der Waals surface area (Å²) in [5.41, 5.74) is 2.06. The van der Waals surface area contributed by atoms with Crippen molar-refractivity contribution in [2.24, 2.45) is 0 Å². The molecule has 4 nitrogen and oxygen atoms in total. The van der Waals surface area contributed by atoms with E-state index in [1.807, 2.05) is 33.8 Å². The Kier molecular flexibility index (Phi) is 5.89. The highest BCUT2D eigenvalue weighted by Gasteiger charge is 2.21. The Hall–Kier alpha value is -2.58. The molecule has 0 aliphatic heterocycles. The first-order valence-corrected chi connectivity index (χ1v) is 9.95. The molecule has 0 saturated carbocycles. The predicted molar refractivity (Wildman–Crippen MR) is 104 cm³/mol. The van der Waals surface area contributed by atoms with Gasteiger partial charge in [0.2, 0.25) is 9.84 Å². The Bertz CT molecular complexity index is 937. The second-order valence-electron chi connectivity index (χ2n) is 6.79. The Labute approximate surface area is 155 Å². The van der Waals surface area contributed by atoms with Crippen molar-refractivity contribution in [2.45, 2.75) is 44.4 Å². The minimum Gasteiger partial charge on any atom is -0.507 e. The summed E-state index contributed by atoms with van der Waals surface area (Å²) < 4.78 is 25.5. The molecule has 0 atom stereocenters. The van der Waals surface area contributed by atoms with E-state index < -0.39 is 9.84 Å². The van der Waals surface area contributed by atoms with Crippen LogP contribution in [0.2, 0.25) is 0 Å². The molecule has 0 aliphatic carbocycles. The molecule has 0 aromatic heterocycles. The number of benzene rings is 2. The van der Waals surface area contributed by atoms with E-state index >= 15 is 0 Å². The van der Waals surface area contributed by atoms with Gasteiger partial charge in [0, 0.05) is 0 Å². The van der Waals surface area contributed by atoms with Gasteiger partial charge in [-0.2, -0.15) is 5.26 Å². The lowest BCUT2D eigenvalue weighted by atomic mass is 9.91. The maximum Gasteiger partial charge on any atom is 0.216 e. The molecule has 0 unspecified atom stereocenters. The van der Waals surface area contributed by atoms with Crippen LogP contribution in [0.1, 0.15) is 56.2 Å². The summed E-state index contributed by atoms with van der Waals surface area (Å²) >= 11 is 0. The smallest absolute Gasteiger partial charge is 0.216 e. The second-order valence-corrected chi connectivity index (χ2v) is 8.71. The van der Waals surface area contributed by atoms with Crippen LogP contribution in [-0.4, -0.2) is 13.5 Å². The average molecular weight is 369 g/mol. The molecule has 5 heteroatoms. The molecule has 0 aliphatic rings. The molecule has 0 bridgehead atoms. The lowest BCUT2D eigenvalue weighted by Crippen LogP contribution is -2.04. The minimum absolute atomic E-state index is 0.0668. The standard InChI is InChI=1S/C21H23NO3S/c1-14(2)19-11-16(12-20(15(3)4)21(19)23)10-18(13-22)26(24,25)17-8-6-5-7-9-17/h5-12,14-15,23H,1-4H3/b18-10+. The number of phenolic OH excluding ortho intramolecular Hbond substituents is 1. The lowest BCUT2D eigenvalue weighted by Gasteiger charge is -2.16. The molecular weight excluding hydrogens is 346 g/mol. The zero-order chi connectivity index (χ0) is 19.5. The number of allylic oxidation sites excluding steroid dienone is 1. The number of sulfone groups is 1. The molecule has 136 valence electrons. The number of aromatic hydroxyl groups is 1. The number of hydrogen-bond donors (Lipinski definition) is 1. The number of nitriles is 1. The van der Waals surface area contributed by atoms with E-state index in [9.17, 15) is 18.8 Å². The van der Waals surface area contributed by atoms with Gasteiger partial charge in [-0.1, -0.05) is 45.9 Å². The highest BCUT2D eigenvalue weighted by Crippen LogP contribution is 2.35. The fraction of sp³-hybridized carbons (Fsp3) is 0.286. The van der Waals surface area contributed by atoms with Crippen LogP contribution >= 0.6 is 0 Å². The molecule has 26 heavy (non-hydrogen) atoms. The van der Waals surface area contributed by atoms with Crippen molar-refractivity contribution < 1.29 is 13.5 Å². The molecule has 1 N–H and O–H groups in total. The van der Waals surface area contributed by atoms with Gasteiger partial charge in [0.25, 0.3) is 0 Å². The van der Waals surface area contributed by atoms with Gasteiger partial charge in [-0.05, 0) is 58.9 Å². The van der Waals surface area contributed by atoms with E-state index in [4.69, 9.17) is 0 Å². The van der Waals surface area contributed by atoms with Gasteiger partial charge in [-0.25, -0.2) is 8.42 Å². The van der Waals surface area contributed by atoms with Gasteiger partial charge in [0.15, 0.2) is 0 Å². The average Bonchev–Trinajstić information content (AvgIpc) is 2.60. The fourth-order valence-corrected chi connectivity index (χ4v) is 3.90. The molecule has 0 amide bonds. The van der Waals surface area contributed by atoms with Crippen molar-refractivity contribution in [3.63, 3.8) is 0 Å². The Morgan fingerprint density at radius 3 is 1.96 bits per heavy atom. The maximum absolute atomic E-state index is 12.7. The quantitative estimate of drug-likeness (QED) is 0.754. The molecule has 0 heterocycles. The van der Waals surface area contributed by atoms with Gasteiger partial charge in [-0.15, -0.1) is 0 Å². The van der Waals surface area contributed by atoms with Crippen LogP contribution in [0.15, 0.2) is 52.3 Å². The molecule has 2 aromatic carbocycles. The van der Waals surface area contributed by atoms with Crippen molar-refractivity contribution >= 4 is 15.9 Å². The predicted octanol–water partition coefficient (Wildman–Crippen LogP) is 4.98. The topological polar surface area (TPSA) is 78.2 Å². The number of phenols is 1. The number of rotatable bonds is 5. The maximum atomic E-state index is 12.7. The van der Waals surface area contributed by atoms with Gasteiger partial charge in [0.1, 0.15) is 16.7 Å². The second kappa shape index (κ2) is 7.76. The molecule has 2 rings (SSSR count).